The van der Waals surface area contributed by atoms with Gasteiger partial charge in [-0.15, -0.1) is 0 Å². The van der Waals surface area contributed by atoms with Crippen molar-refractivity contribution in [2.45, 2.75) is 19.9 Å². The Bertz CT molecular complexity index is 552. The maximum absolute atomic E-state index is 6.23. The molecule has 4 heteroatoms. The van der Waals surface area contributed by atoms with Crippen LogP contribution in [0.3, 0.4) is 0 Å². The minimum absolute atomic E-state index is 0.476. The molecule has 0 bridgehead atoms. The Morgan fingerprint density at radius 2 is 1.86 bits per heavy atom. The van der Waals surface area contributed by atoms with E-state index < -0.39 is 0 Å². The van der Waals surface area contributed by atoms with Crippen molar-refractivity contribution in [2.24, 2.45) is 5.92 Å². The van der Waals surface area contributed by atoms with E-state index in [9.17, 15) is 0 Å². The predicted octanol–water partition coefficient (Wildman–Crippen LogP) is 4.70. The molecule has 0 saturated carbocycles. The number of nitrogens with zero attached hydrogens (tertiary/aromatic N) is 2. The molecule has 1 atom stereocenters. The van der Waals surface area contributed by atoms with Gasteiger partial charge in [-0.05, 0) is 48.7 Å². The summed E-state index contributed by atoms with van der Waals surface area (Å²) in [7, 11) is 2.12. The largest absolute Gasteiger partial charge is 0.302 e. The van der Waals surface area contributed by atoms with E-state index >= 15 is 0 Å². The molecule has 2 nitrogen and oxygen atoms in total. The number of rotatable bonds is 6. The highest BCUT2D eigenvalue weighted by molar-refractivity contribution is 6.35. The molecule has 1 aromatic heterocycles. The summed E-state index contributed by atoms with van der Waals surface area (Å²) in [5.41, 5.74) is 2.27. The molecule has 0 spiro atoms. The van der Waals surface area contributed by atoms with Crippen molar-refractivity contribution >= 4 is 23.2 Å². The van der Waals surface area contributed by atoms with Crippen LogP contribution in [0, 0.1) is 5.92 Å². The Hall–Kier alpha value is -1.09. The molecule has 112 valence electrons. The fourth-order valence-corrected chi connectivity index (χ4v) is 3.09. The van der Waals surface area contributed by atoms with Gasteiger partial charge in [-0.25, -0.2) is 0 Å². The quantitative estimate of drug-likeness (QED) is 0.766. The van der Waals surface area contributed by atoms with Gasteiger partial charge in [0, 0.05) is 35.5 Å². The van der Waals surface area contributed by atoms with Crippen LogP contribution in [0.15, 0.2) is 42.7 Å². The Balaban J connectivity index is 1.91. The minimum Gasteiger partial charge on any atom is -0.302 e. The first-order valence-electron chi connectivity index (χ1n) is 7.06. The summed E-state index contributed by atoms with van der Waals surface area (Å²) in [5.74, 6) is 0.476. The van der Waals surface area contributed by atoms with Crippen LogP contribution in [0.2, 0.25) is 10.0 Å². The van der Waals surface area contributed by atoms with Crippen LogP contribution < -0.4 is 0 Å². The van der Waals surface area contributed by atoms with E-state index in [4.69, 9.17) is 23.2 Å². The van der Waals surface area contributed by atoms with Crippen LogP contribution in [0.1, 0.15) is 18.1 Å². The molecule has 21 heavy (non-hydrogen) atoms. The first-order chi connectivity index (χ1) is 10.1. The molecule has 1 aromatic carbocycles. The normalized spacial score (nSPS) is 12.6. The van der Waals surface area contributed by atoms with Gasteiger partial charge in [0.05, 0.1) is 0 Å². The van der Waals surface area contributed by atoms with Gasteiger partial charge in [-0.2, -0.15) is 0 Å². The Labute approximate surface area is 136 Å². The maximum Gasteiger partial charge on any atom is 0.0452 e. The van der Waals surface area contributed by atoms with Crippen molar-refractivity contribution < 1.29 is 0 Å². The second-order valence-electron chi connectivity index (χ2n) is 5.57. The summed E-state index contributed by atoms with van der Waals surface area (Å²) in [6, 6.07) is 9.74. The van der Waals surface area contributed by atoms with E-state index in [0.717, 1.165) is 35.1 Å². The van der Waals surface area contributed by atoms with Gasteiger partial charge in [0.2, 0.25) is 0 Å². The van der Waals surface area contributed by atoms with Crippen LogP contribution in [0.25, 0.3) is 0 Å². The highest BCUT2D eigenvalue weighted by atomic mass is 35.5. The molecule has 0 N–H and O–H groups in total. The van der Waals surface area contributed by atoms with Gasteiger partial charge < -0.3 is 4.90 Å². The number of aromatic nitrogens is 1. The number of halogens is 2. The SMILES string of the molecule is CC(Cc1c(Cl)cccc1Cl)CN(C)Cc1cccnc1. The summed E-state index contributed by atoms with van der Waals surface area (Å²) in [4.78, 5) is 6.44. The summed E-state index contributed by atoms with van der Waals surface area (Å²) in [6.45, 7) is 4.10. The second kappa shape index (κ2) is 7.79. The lowest BCUT2D eigenvalue weighted by molar-refractivity contribution is 0.277. The second-order valence-corrected chi connectivity index (χ2v) is 6.38. The first-order valence-corrected chi connectivity index (χ1v) is 7.82. The van der Waals surface area contributed by atoms with E-state index in [1.54, 1.807) is 6.20 Å². The van der Waals surface area contributed by atoms with Crippen LogP contribution in [0.4, 0.5) is 0 Å². The Kier molecular flexibility index (Phi) is 6.04. The van der Waals surface area contributed by atoms with Crippen molar-refractivity contribution in [2.75, 3.05) is 13.6 Å². The zero-order valence-corrected chi connectivity index (χ0v) is 13.9. The van der Waals surface area contributed by atoms with Gasteiger partial charge in [0.1, 0.15) is 0 Å². The molecule has 1 heterocycles. The fraction of sp³-hybridized carbons (Fsp3) is 0.353. The lowest BCUT2D eigenvalue weighted by atomic mass is 10.0. The Morgan fingerprint density at radius 3 is 2.48 bits per heavy atom. The van der Waals surface area contributed by atoms with Gasteiger partial charge in [-0.1, -0.05) is 42.3 Å². The standard InChI is InChI=1S/C17H20Cl2N2/c1-13(9-15-16(18)6-3-7-17(15)19)11-21(2)12-14-5-4-8-20-10-14/h3-8,10,13H,9,11-12H2,1-2H3. The molecule has 0 aliphatic carbocycles. The third-order valence-corrected chi connectivity index (χ3v) is 4.12. The third-order valence-electron chi connectivity index (χ3n) is 3.41. The predicted molar refractivity (Wildman–Crippen MR) is 89.9 cm³/mol. The minimum atomic E-state index is 0.476. The smallest absolute Gasteiger partial charge is 0.0452 e. The van der Waals surface area contributed by atoms with Gasteiger partial charge in [0.25, 0.3) is 0 Å². The molecule has 2 aromatic rings. The zero-order valence-electron chi connectivity index (χ0n) is 12.4. The monoisotopic (exact) mass is 322 g/mol. The molecular formula is C17H20Cl2N2. The zero-order chi connectivity index (χ0) is 15.2. The van der Waals surface area contributed by atoms with Gasteiger partial charge >= 0.3 is 0 Å². The van der Waals surface area contributed by atoms with Crippen LogP contribution >= 0.6 is 23.2 Å². The number of benzene rings is 1. The summed E-state index contributed by atoms with van der Waals surface area (Å²) in [6.07, 6.45) is 4.59. The maximum atomic E-state index is 6.23. The van der Waals surface area contributed by atoms with Crippen molar-refractivity contribution in [3.05, 3.63) is 63.9 Å². The molecule has 2 rings (SSSR count). The molecule has 0 amide bonds. The van der Waals surface area contributed by atoms with E-state index in [2.05, 4.69) is 29.9 Å². The molecule has 0 fully saturated rings. The summed E-state index contributed by atoms with van der Waals surface area (Å²) >= 11 is 12.5. The highest BCUT2D eigenvalue weighted by Crippen LogP contribution is 2.27. The molecule has 0 saturated heterocycles. The average Bonchev–Trinajstić information content (AvgIpc) is 2.44. The van der Waals surface area contributed by atoms with Gasteiger partial charge in [0.15, 0.2) is 0 Å². The van der Waals surface area contributed by atoms with E-state index in [1.807, 2.05) is 30.5 Å². The third kappa shape index (κ3) is 4.99. The number of hydrogen-bond donors (Lipinski definition) is 0. The molecular weight excluding hydrogens is 303 g/mol. The van der Waals surface area contributed by atoms with Crippen molar-refractivity contribution in [1.82, 2.24) is 9.88 Å². The van der Waals surface area contributed by atoms with Crippen molar-refractivity contribution in [3.63, 3.8) is 0 Å². The molecule has 0 aliphatic heterocycles. The number of hydrogen-bond acceptors (Lipinski definition) is 2. The lowest BCUT2D eigenvalue weighted by Crippen LogP contribution is -2.25. The summed E-state index contributed by atoms with van der Waals surface area (Å²) in [5, 5.41) is 1.51. The topological polar surface area (TPSA) is 16.1 Å². The molecule has 1 unspecified atom stereocenters. The lowest BCUT2D eigenvalue weighted by Gasteiger charge is -2.22. The number of pyridine rings is 1. The summed E-state index contributed by atoms with van der Waals surface area (Å²) < 4.78 is 0. The van der Waals surface area contributed by atoms with E-state index in [0.29, 0.717) is 5.92 Å². The van der Waals surface area contributed by atoms with Gasteiger partial charge in [-0.3, -0.25) is 4.98 Å². The fourth-order valence-electron chi connectivity index (χ4n) is 2.54. The van der Waals surface area contributed by atoms with Crippen molar-refractivity contribution in [3.8, 4) is 0 Å². The van der Waals surface area contributed by atoms with Crippen molar-refractivity contribution in [1.29, 1.82) is 0 Å². The molecule has 0 radical (unpaired) electrons. The molecule has 0 aliphatic rings. The average molecular weight is 323 g/mol. The first kappa shape index (κ1) is 16.3. The Morgan fingerprint density at radius 1 is 1.14 bits per heavy atom. The van der Waals surface area contributed by atoms with E-state index in [1.165, 1.54) is 5.56 Å². The van der Waals surface area contributed by atoms with Crippen LogP contribution in [-0.4, -0.2) is 23.5 Å². The van der Waals surface area contributed by atoms with Crippen LogP contribution in [-0.2, 0) is 13.0 Å². The van der Waals surface area contributed by atoms with E-state index in [-0.39, 0.29) is 0 Å². The highest BCUT2D eigenvalue weighted by Gasteiger charge is 2.12. The van der Waals surface area contributed by atoms with Crippen LogP contribution in [0.5, 0.6) is 0 Å².